The fraction of sp³-hybridized carbons (Fsp3) is 0.267. The van der Waals surface area contributed by atoms with E-state index in [9.17, 15) is 9.59 Å². The highest BCUT2D eigenvalue weighted by atomic mass is 32.1. The molecule has 0 bridgehead atoms. The van der Waals surface area contributed by atoms with Gasteiger partial charge in [-0.15, -0.1) is 11.3 Å². The Morgan fingerprint density at radius 3 is 2.50 bits per heavy atom. The van der Waals surface area contributed by atoms with Crippen molar-refractivity contribution in [1.29, 1.82) is 0 Å². The zero-order chi connectivity index (χ0) is 14.5. The van der Waals surface area contributed by atoms with Crippen molar-refractivity contribution in [1.82, 2.24) is 4.98 Å². The Kier molecular flexibility index (Phi) is 4.63. The van der Waals surface area contributed by atoms with Gasteiger partial charge in [-0.1, -0.05) is 29.8 Å². The summed E-state index contributed by atoms with van der Waals surface area (Å²) in [6.45, 7) is 3.59. The normalized spacial score (nSPS) is 10.3. The molecule has 2 aromatic rings. The van der Waals surface area contributed by atoms with E-state index in [1.165, 1.54) is 11.3 Å². The van der Waals surface area contributed by atoms with Crippen LogP contribution in [0.1, 0.15) is 26.6 Å². The molecule has 0 saturated carbocycles. The summed E-state index contributed by atoms with van der Waals surface area (Å²) in [4.78, 5) is 27.6. The number of carbonyl (C=O) groups excluding carboxylic acids is 2. The quantitative estimate of drug-likeness (QED) is 0.627. The highest BCUT2D eigenvalue weighted by Gasteiger charge is 2.11. The molecule has 0 amide bonds. The Morgan fingerprint density at radius 2 is 1.90 bits per heavy atom. The van der Waals surface area contributed by atoms with E-state index in [2.05, 4.69) is 4.98 Å². The molecule has 0 radical (unpaired) electrons. The minimum Gasteiger partial charge on any atom is -0.457 e. The molecular weight excluding hydrogens is 274 g/mol. The van der Waals surface area contributed by atoms with Gasteiger partial charge < -0.3 is 4.74 Å². The average molecular weight is 289 g/mol. The van der Waals surface area contributed by atoms with Gasteiger partial charge in [-0.2, -0.15) is 0 Å². The van der Waals surface area contributed by atoms with Crippen LogP contribution in [0.4, 0.5) is 0 Å². The third-order valence-electron chi connectivity index (χ3n) is 2.73. The van der Waals surface area contributed by atoms with Crippen LogP contribution in [0, 0.1) is 13.8 Å². The molecule has 0 aliphatic carbocycles. The topological polar surface area (TPSA) is 56.3 Å². The largest absolute Gasteiger partial charge is 0.457 e. The summed E-state index contributed by atoms with van der Waals surface area (Å²) in [5.74, 6) is -0.636. The highest BCUT2D eigenvalue weighted by Crippen LogP contribution is 2.09. The first-order valence-corrected chi connectivity index (χ1v) is 7.09. The number of rotatable bonds is 5. The lowest BCUT2D eigenvalue weighted by Crippen LogP contribution is -2.15. The molecule has 1 heterocycles. The molecule has 4 nitrogen and oxygen atoms in total. The van der Waals surface area contributed by atoms with Crippen LogP contribution in [-0.4, -0.2) is 23.3 Å². The third kappa shape index (κ3) is 3.99. The van der Waals surface area contributed by atoms with E-state index < -0.39 is 5.97 Å². The molecule has 20 heavy (non-hydrogen) atoms. The van der Waals surface area contributed by atoms with Crippen LogP contribution in [0.3, 0.4) is 0 Å². The number of carbonyl (C=O) groups is 2. The van der Waals surface area contributed by atoms with Gasteiger partial charge in [0.1, 0.15) is 0 Å². The Balaban J connectivity index is 1.84. The SMILES string of the molecule is Cc1ccc(C(=O)COC(=O)Cc2csc(C)n2)cc1. The molecule has 5 heteroatoms. The monoisotopic (exact) mass is 289 g/mol. The summed E-state index contributed by atoms with van der Waals surface area (Å²) in [6.07, 6.45) is 0.103. The van der Waals surface area contributed by atoms with E-state index in [1.54, 1.807) is 12.1 Å². The van der Waals surface area contributed by atoms with Gasteiger partial charge in [0.2, 0.25) is 0 Å². The summed E-state index contributed by atoms with van der Waals surface area (Å²) in [5.41, 5.74) is 2.31. The lowest BCUT2D eigenvalue weighted by atomic mass is 10.1. The molecule has 1 aromatic heterocycles. The van der Waals surface area contributed by atoms with Crippen molar-refractivity contribution in [2.75, 3.05) is 6.61 Å². The second kappa shape index (κ2) is 6.43. The number of thiazole rings is 1. The minimum absolute atomic E-state index is 0.103. The predicted octanol–water partition coefficient (Wildman–Crippen LogP) is 2.73. The lowest BCUT2D eigenvalue weighted by Gasteiger charge is -2.03. The van der Waals surface area contributed by atoms with Crippen molar-refractivity contribution in [2.45, 2.75) is 20.3 Å². The van der Waals surface area contributed by atoms with Crippen LogP contribution in [0.15, 0.2) is 29.6 Å². The summed E-state index contributed by atoms with van der Waals surface area (Å²) in [5, 5.41) is 2.72. The lowest BCUT2D eigenvalue weighted by molar-refractivity contribution is -0.141. The molecule has 0 N–H and O–H groups in total. The number of hydrogen-bond donors (Lipinski definition) is 0. The second-order valence-electron chi connectivity index (χ2n) is 4.48. The fourth-order valence-electron chi connectivity index (χ4n) is 1.66. The van der Waals surface area contributed by atoms with E-state index in [4.69, 9.17) is 4.74 Å². The van der Waals surface area contributed by atoms with Gasteiger partial charge in [0, 0.05) is 10.9 Å². The average Bonchev–Trinajstić information content (AvgIpc) is 2.82. The van der Waals surface area contributed by atoms with Gasteiger partial charge in [0.05, 0.1) is 17.1 Å². The Morgan fingerprint density at radius 1 is 1.20 bits per heavy atom. The Hall–Kier alpha value is -2.01. The molecule has 0 unspecified atom stereocenters. The molecule has 0 fully saturated rings. The fourth-order valence-corrected chi connectivity index (χ4v) is 2.27. The molecular formula is C15H15NO3S. The first-order valence-electron chi connectivity index (χ1n) is 6.21. The number of aryl methyl sites for hydroxylation is 2. The zero-order valence-corrected chi connectivity index (χ0v) is 12.2. The van der Waals surface area contributed by atoms with Crippen LogP contribution < -0.4 is 0 Å². The summed E-state index contributed by atoms with van der Waals surface area (Å²) >= 11 is 1.48. The van der Waals surface area contributed by atoms with Gasteiger partial charge >= 0.3 is 5.97 Å². The van der Waals surface area contributed by atoms with Gasteiger partial charge in [-0.05, 0) is 13.8 Å². The minimum atomic E-state index is -0.434. The number of ketones is 1. The van der Waals surface area contributed by atoms with E-state index in [-0.39, 0.29) is 18.8 Å². The van der Waals surface area contributed by atoms with E-state index in [0.717, 1.165) is 10.6 Å². The summed E-state index contributed by atoms with van der Waals surface area (Å²) < 4.78 is 4.98. The van der Waals surface area contributed by atoms with Gasteiger partial charge in [-0.25, -0.2) is 4.98 Å². The van der Waals surface area contributed by atoms with Crippen LogP contribution >= 0.6 is 11.3 Å². The van der Waals surface area contributed by atoms with Gasteiger partial charge in [0.15, 0.2) is 12.4 Å². The summed E-state index contributed by atoms with van der Waals surface area (Å²) in [7, 11) is 0. The second-order valence-corrected chi connectivity index (χ2v) is 5.55. The molecule has 0 aliphatic rings. The molecule has 0 aliphatic heterocycles. The van der Waals surface area contributed by atoms with Gasteiger partial charge in [0.25, 0.3) is 0 Å². The van der Waals surface area contributed by atoms with Crippen molar-refractivity contribution < 1.29 is 14.3 Å². The number of nitrogens with zero attached hydrogens (tertiary/aromatic N) is 1. The zero-order valence-electron chi connectivity index (χ0n) is 11.4. The highest BCUT2D eigenvalue weighted by molar-refractivity contribution is 7.09. The standard InChI is InChI=1S/C15H15NO3S/c1-10-3-5-12(6-4-10)14(17)8-19-15(18)7-13-9-20-11(2)16-13/h3-6,9H,7-8H2,1-2H3. The van der Waals surface area contributed by atoms with Crippen molar-refractivity contribution in [3.05, 3.63) is 51.5 Å². The number of aromatic nitrogens is 1. The Bertz CT molecular complexity index is 616. The van der Waals surface area contributed by atoms with E-state index in [1.807, 2.05) is 31.4 Å². The number of ether oxygens (including phenoxy) is 1. The molecule has 0 saturated heterocycles. The maximum absolute atomic E-state index is 11.8. The maximum atomic E-state index is 11.8. The Labute approximate surface area is 121 Å². The number of Topliss-reactive ketones (excluding diaryl/α,β-unsaturated/α-hetero) is 1. The molecule has 0 spiro atoms. The number of esters is 1. The van der Waals surface area contributed by atoms with E-state index in [0.29, 0.717) is 11.3 Å². The smallest absolute Gasteiger partial charge is 0.312 e. The first-order chi connectivity index (χ1) is 9.54. The van der Waals surface area contributed by atoms with Crippen LogP contribution in [0.5, 0.6) is 0 Å². The van der Waals surface area contributed by atoms with Crippen molar-refractivity contribution in [2.24, 2.45) is 0 Å². The van der Waals surface area contributed by atoms with E-state index >= 15 is 0 Å². The molecule has 2 rings (SSSR count). The molecule has 104 valence electrons. The van der Waals surface area contributed by atoms with Crippen LogP contribution in [0.25, 0.3) is 0 Å². The van der Waals surface area contributed by atoms with Crippen molar-refractivity contribution in [3.63, 3.8) is 0 Å². The first kappa shape index (κ1) is 14.4. The van der Waals surface area contributed by atoms with Crippen LogP contribution in [0.2, 0.25) is 0 Å². The summed E-state index contributed by atoms with van der Waals surface area (Å²) in [6, 6.07) is 7.17. The number of hydrogen-bond acceptors (Lipinski definition) is 5. The van der Waals surface area contributed by atoms with Crippen molar-refractivity contribution >= 4 is 23.1 Å². The number of benzene rings is 1. The molecule has 0 atom stereocenters. The van der Waals surface area contributed by atoms with Crippen molar-refractivity contribution in [3.8, 4) is 0 Å². The maximum Gasteiger partial charge on any atom is 0.312 e. The van der Waals surface area contributed by atoms with Gasteiger partial charge in [-0.3, -0.25) is 9.59 Å². The molecule has 1 aromatic carbocycles. The predicted molar refractivity (Wildman–Crippen MR) is 77.0 cm³/mol. The third-order valence-corrected chi connectivity index (χ3v) is 3.55. The van der Waals surface area contributed by atoms with Crippen LogP contribution in [-0.2, 0) is 16.0 Å².